The summed E-state index contributed by atoms with van der Waals surface area (Å²) in [5.74, 6) is 0.528. The quantitative estimate of drug-likeness (QED) is 0.190. The molecule has 2 amide bonds. The van der Waals surface area contributed by atoms with E-state index in [0.29, 0.717) is 28.5 Å². The summed E-state index contributed by atoms with van der Waals surface area (Å²) in [4.78, 5) is 30.3. The average molecular weight is 652 g/mol. The number of rotatable bonds is 12. The molecule has 2 heterocycles. The van der Waals surface area contributed by atoms with Crippen molar-refractivity contribution in [3.63, 3.8) is 0 Å². The zero-order valence-corrected chi connectivity index (χ0v) is 26.5. The fraction of sp³-hybridized carbons (Fsp3) is 0.207. The first-order valence-electron chi connectivity index (χ1n) is 13.4. The molecule has 2 aromatic heterocycles. The summed E-state index contributed by atoms with van der Waals surface area (Å²) in [6.45, 7) is 2.45. The monoisotopic (exact) mass is 651 g/mol. The van der Waals surface area contributed by atoms with E-state index in [2.05, 4.69) is 25.8 Å². The molecule has 0 saturated carbocycles. The van der Waals surface area contributed by atoms with Gasteiger partial charge in [-0.2, -0.15) is 0 Å². The van der Waals surface area contributed by atoms with Crippen molar-refractivity contribution in [1.82, 2.24) is 29.4 Å². The van der Waals surface area contributed by atoms with Gasteiger partial charge in [0.25, 0.3) is 5.91 Å². The van der Waals surface area contributed by atoms with Crippen LogP contribution >= 0.6 is 23.1 Å². The maximum atomic E-state index is 12.9. The number of sulfonamides is 1. The fourth-order valence-electron chi connectivity index (χ4n) is 4.09. The normalized spacial score (nSPS) is 11.5. The van der Waals surface area contributed by atoms with E-state index in [9.17, 15) is 18.0 Å². The standard InChI is InChI=1S/C29H29N7O5S3/c1-4-41-21-13-11-20(12-14-21)36-25(17-30-27(38)19-9-15-22(16-10-19)44(39,40)35(2)3)33-34-29(36)42-18-26(37)32-28-31-23-7-5-6-8-24(23)43-28/h5-16H,4,17-18H2,1-3H3,(H,30,38)(H,31,32,37). The number of thioether (sulfide) groups is 1. The van der Waals surface area contributed by atoms with Crippen LogP contribution < -0.4 is 15.4 Å². The number of benzene rings is 3. The second-order valence-corrected chi connectivity index (χ2v) is 13.6. The van der Waals surface area contributed by atoms with Crippen LogP contribution in [0.4, 0.5) is 5.13 Å². The summed E-state index contributed by atoms with van der Waals surface area (Å²) in [6.07, 6.45) is 0. The average Bonchev–Trinajstić information content (AvgIpc) is 3.62. The number of anilines is 1. The van der Waals surface area contributed by atoms with Crippen molar-refractivity contribution in [1.29, 1.82) is 0 Å². The van der Waals surface area contributed by atoms with Gasteiger partial charge in [-0.3, -0.25) is 14.2 Å². The van der Waals surface area contributed by atoms with E-state index < -0.39 is 15.9 Å². The Morgan fingerprint density at radius 3 is 2.41 bits per heavy atom. The van der Waals surface area contributed by atoms with Gasteiger partial charge >= 0.3 is 0 Å². The van der Waals surface area contributed by atoms with Crippen molar-refractivity contribution in [2.45, 2.75) is 23.5 Å². The van der Waals surface area contributed by atoms with Crippen LogP contribution in [0, 0.1) is 0 Å². The molecule has 0 radical (unpaired) electrons. The van der Waals surface area contributed by atoms with Crippen molar-refractivity contribution in [2.24, 2.45) is 0 Å². The van der Waals surface area contributed by atoms with E-state index in [4.69, 9.17) is 4.74 Å². The minimum atomic E-state index is -3.61. The molecule has 0 atom stereocenters. The summed E-state index contributed by atoms with van der Waals surface area (Å²) in [5.41, 5.74) is 1.82. The number of nitrogens with one attached hydrogen (secondary N) is 2. The van der Waals surface area contributed by atoms with E-state index in [1.807, 2.05) is 55.5 Å². The highest BCUT2D eigenvalue weighted by atomic mass is 32.2. The molecule has 0 aliphatic carbocycles. The third-order valence-corrected chi connectivity index (χ3v) is 9.99. The molecule has 5 rings (SSSR count). The first-order valence-corrected chi connectivity index (χ1v) is 16.7. The lowest BCUT2D eigenvalue weighted by Gasteiger charge is -2.13. The van der Waals surface area contributed by atoms with Gasteiger partial charge in [0, 0.05) is 25.3 Å². The number of aromatic nitrogens is 4. The molecule has 0 aliphatic rings. The molecule has 0 fully saturated rings. The largest absolute Gasteiger partial charge is 0.494 e. The Balaban J connectivity index is 1.31. The smallest absolute Gasteiger partial charge is 0.251 e. The topological polar surface area (TPSA) is 148 Å². The van der Waals surface area contributed by atoms with Crippen molar-refractivity contribution >= 4 is 60.3 Å². The Morgan fingerprint density at radius 2 is 1.73 bits per heavy atom. The molecular weight excluding hydrogens is 623 g/mol. The third-order valence-electron chi connectivity index (χ3n) is 6.28. The highest BCUT2D eigenvalue weighted by Gasteiger charge is 2.20. The lowest BCUT2D eigenvalue weighted by Crippen LogP contribution is -2.25. The van der Waals surface area contributed by atoms with E-state index >= 15 is 0 Å². The van der Waals surface area contributed by atoms with Gasteiger partial charge in [0.05, 0.1) is 34.0 Å². The first kappa shape index (κ1) is 31.1. The Kier molecular flexibility index (Phi) is 9.58. The van der Waals surface area contributed by atoms with Crippen LogP contribution in [0.2, 0.25) is 0 Å². The molecule has 2 N–H and O–H groups in total. The molecule has 0 saturated heterocycles. The van der Waals surface area contributed by atoms with Crippen LogP contribution in [0.15, 0.2) is 82.8 Å². The molecular formula is C29H29N7O5S3. The summed E-state index contributed by atoms with van der Waals surface area (Å²) in [5, 5.41) is 15.2. The maximum absolute atomic E-state index is 12.9. The Hall–Kier alpha value is -4.31. The van der Waals surface area contributed by atoms with Crippen LogP contribution in [0.3, 0.4) is 0 Å². The lowest BCUT2D eigenvalue weighted by atomic mass is 10.2. The zero-order chi connectivity index (χ0) is 31.3. The molecule has 0 bridgehead atoms. The lowest BCUT2D eigenvalue weighted by molar-refractivity contribution is -0.113. The second-order valence-electron chi connectivity index (χ2n) is 9.48. The highest BCUT2D eigenvalue weighted by molar-refractivity contribution is 7.99. The van der Waals surface area contributed by atoms with Crippen LogP contribution in [-0.2, 0) is 21.4 Å². The summed E-state index contributed by atoms with van der Waals surface area (Å²) >= 11 is 2.60. The number of nitrogens with zero attached hydrogens (tertiary/aromatic N) is 5. The third kappa shape index (κ3) is 7.07. The predicted octanol–water partition coefficient (Wildman–Crippen LogP) is 4.19. The van der Waals surface area contributed by atoms with E-state index in [0.717, 1.165) is 20.2 Å². The SMILES string of the molecule is CCOc1ccc(-n2c(CNC(=O)c3ccc(S(=O)(=O)N(C)C)cc3)nnc2SCC(=O)Nc2nc3ccccc3s2)cc1. The molecule has 0 aliphatic heterocycles. The molecule has 12 nitrogen and oxygen atoms in total. The van der Waals surface area contributed by atoms with Crippen molar-refractivity contribution < 1.29 is 22.7 Å². The number of para-hydroxylation sites is 1. The number of hydrogen-bond donors (Lipinski definition) is 2. The van der Waals surface area contributed by atoms with Crippen molar-refractivity contribution in [3.05, 3.63) is 84.2 Å². The molecule has 3 aromatic carbocycles. The number of fused-ring (bicyclic) bond motifs is 1. The minimum Gasteiger partial charge on any atom is -0.494 e. The Labute approximate surface area is 262 Å². The zero-order valence-electron chi connectivity index (χ0n) is 24.1. The number of ether oxygens (including phenoxy) is 1. The summed E-state index contributed by atoms with van der Waals surface area (Å²) in [7, 11) is -0.728. The summed E-state index contributed by atoms with van der Waals surface area (Å²) in [6, 6.07) is 20.7. The van der Waals surface area contributed by atoms with Gasteiger partial charge in [-0.05, 0) is 67.6 Å². The van der Waals surface area contributed by atoms with Crippen molar-refractivity contribution in [3.8, 4) is 11.4 Å². The number of hydrogen-bond acceptors (Lipinski definition) is 10. The van der Waals surface area contributed by atoms with Gasteiger partial charge < -0.3 is 15.4 Å². The van der Waals surface area contributed by atoms with E-state index in [-0.39, 0.29) is 28.7 Å². The van der Waals surface area contributed by atoms with Gasteiger partial charge in [-0.25, -0.2) is 17.7 Å². The predicted molar refractivity (Wildman–Crippen MR) is 170 cm³/mol. The molecule has 0 spiro atoms. The molecule has 5 aromatic rings. The Bertz CT molecular complexity index is 1850. The molecule has 15 heteroatoms. The highest BCUT2D eigenvalue weighted by Crippen LogP contribution is 2.27. The van der Waals surface area contributed by atoms with Crippen LogP contribution in [0.5, 0.6) is 5.75 Å². The molecule has 0 unspecified atom stereocenters. The van der Waals surface area contributed by atoms with E-state index in [1.165, 1.54) is 61.5 Å². The first-order chi connectivity index (χ1) is 21.2. The number of carbonyl (C=O) groups excluding carboxylic acids is 2. The van der Waals surface area contributed by atoms with Crippen LogP contribution in [0.1, 0.15) is 23.1 Å². The number of amides is 2. The van der Waals surface area contributed by atoms with E-state index in [1.54, 1.807) is 4.57 Å². The summed E-state index contributed by atoms with van der Waals surface area (Å²) < 4.78 is 34.1. The molecule has 228 valence electrons. The number of thiazole rings is 1. The van der Waals surface area contributed by atoms with Crippen molar-refractivity contribution in [2.75, 3.05) is 31.8 Å². The Morgan fingerprint density at radius 1 is 1.00 bits per heavy atom. The van der Waals surface area contributed by atoms with Gasteiger partial charge in [0.1, 0.15) is 5.75 Å². The molecule has 44 heavy (non-hydrogen) atoms. The van der Waals surface area contributed by atoms with Crippen LogP contribution in [-0.4, -0.2) is 70.7 Å². The fourth-order valence-corrected chi connectivity index (χ4v) is 6.64. The van der Waals surface area contributed by atoms with Gasteiger partial charge in [-0.15, -0.1) is 10.2 Å². The minimum absolute atomic E-state index is 0.0231. The van der Waals surface area contributed by atoms with Crippen LogP contribution in [0.25, 0.3) is 15.9 Å². The van der Waals surface area contributed by atoms with Gasteiger partial charge in [0.2, 0.25) is 15.9 Å². The van der Waals surface area contributed by atoms with Gasteiger partial charge in [-0.1, -0.05) is 35.2 Å². The second kappa shape index (κ2) is 13.5. The maximum Gasteiger partial charge on any atom is 0.251 e. The van der Waals surface area contributed by atoms with Gasteiger partial charge in [0.15, 0.2) is 16.1 Å². The number of carbonyl (C=O) groups is 2.